The third kappa shape index (κ3) is 4.27. The molecule has 0 fully saturated rings. The van der Waals surface area contributed by atoms with Gasteiger partial charge in [-0.25, -0.2) is 4.39 Å². The summed E-state index contributed by atoms with van der Waals surface area (Å²) >= 11 is 0. The highest BCUT2D eigenvalue weighted by Gasteiger charge is 2.18. The Morgan fingerprint density at radius 2 is 1.87 bits per heavy atom. The Kier molecular flexibility index (Phi) is 5.70. The van der Waals surface area contributed by atoms with E-state index in [1.54, 1.807) is 22.7 Å². The number of aliphatic hydroxyl groups excluding tert-OH is 2. The Labute approximate surface area is 175 Å². The molecule has 0 radical (unpaired) electrons. The molecule has 2 heterocycles. The van der Waals surface area contributed by atoms with Crippen molar-refractivity contribution in [2.24, 2.45) is 0 Å². The molecular formula is C22H19FN4O4. The number of para-hydroxylation sites is 1. The molecule has 31 heavy (non-hydrogen) atoms. The van der Waals surface area contributed by atoms with Crippen LogP contribution in [0, 0.1) is 5.82 Å². The number of rotatable bonds is 7. The quantitative estimate of drug-likeness (QED) is 0.419. The number of benzene rings is 2. The van der Waals surface area contributed by atoms with E-state index in [-0.39, 0.29) is 12.2 Å². The number of aliphatic carboxylic acids is 1. The summed E-state index contributed by atoms with van der Waals surface area (Å²) in [7, 11) is 0. The van der Waals surface area contributed by atoms with Crippen molar-refractivity contribution < 1.29 is 24.5 Å². The Balaban J connectivity index is 1.85. The molecule has 0 saturated heterocycles. The average molecular weight is 422 g/mol. The van der Waals surface area contributed by atoms with Crippen molar-refractivity contribution in [3.8, 4) is 11.1 Å². The summed E-state index contributed by atoms with van der Waals surface area (Å²) in [5.41, 5.74) is 3.29. The second-order valence-electron chi connectivity index (χ2n) is 7.14. The van der Waals surface area contributed by atoms with Gasteiger partial charge < -0.3 is 15.3 Å². The van der Waals surface area contributed by atoms with Crippen LogP contribution in [0.5, 0.6) is 0 Å². The molecule has 2 aromatic heterocycles. The van der Waals surface area contributed by atoms with Crippen LogP contribution in [0.2, 0.25) is 0 Å². The first-order valence-corrected chi connectivity index (χ1v) is 9.59. The summed E-state index contributed by atoms with van der Waals surface area (Å²) in [6.07, 6.45) is 0.230. The first kappa shape index (κ1) is 20.6. The smallest absolute Gasteiger partial charge is 0.305 e. The maximum absolute atomic E-state index is 13.5. The van der Waals surface area contributed by atoms with Gasteiger partial charge in [0.25, 0.3) is 0 Å². The molecule has 3 N–H and O–H groups in total. The second kappa shape index (κ2) is 8.58. The van der Waals surface area contributed by atoms with Crippen LogP contribution in [0.3, 0.4) is 0 Å². The largest absolute Gasteiger partial charge is 0.481 e. The van der Waals surface area contributed by atoms with Crippen molar-refractivity contribution in [2.45, 2.75) is 25.0 Å². The molecule has 0 aliphatic rings. The summed E-state index contributed by atoms with van der Waals surface area (Å²) in [5, 5.41) is 41.6. The number of pyridine rings is 1. The van der Waals surface area contributed by atoms with Crippen LogP contribution in [0.1, 0.15) is 18.4 Å². The van der Waals surface area contributed by atoms with Gasteiger partial charge in [0.05, 0.1) is 24.1 Å². The van der Waals surface area contributed by atoms with Crippen molar-refractivity contribution >= 4 is 28.6 Å². The number of hydrogen-bond donors (Lipinski definition) is 3. The zero-order chi connectivity index (χ0) is 22.0. The van der Waals surface area contributed by atoms with E-state index >= 15 is 0 Å². The molecule has 0 amide bonds. The molecule has 0 saturated carbocycles. The number of halogens is 1. The minimum Gasteiger partial charge on any atom is -0.481 e. The maximum Gasteiger partial charge on any atom is 0.305 e. The summed E-state index contributed by atoms with van der Waals surface area (Å²) in [6.45, 7) is 0. The summed E-state index contributed by atoms with van der Waals surface area (Å²) in [5.74, 6) is -1.51. The van der Waals surface area contributed by atoms with Crippen LogP contribution < -0.4 is 0 Å². The lowest BCUT2D eigenvalue weighted by Crippen LogP contribution is -2.19. The predicted octanol–water partition coefficient (Wildman–Crippen LogP) is 2.68. The highest BCUT2D eigenvalue weighted by Crippen LogP contribution is 2.35. The third-order valence-corrected chi connectivity index (χ3v) is 4.92. The Morgan fingerprint density at radius 1 is 1.13 bits per heavy atom. The van der Waals surface area contributed by atoms with Gasteiger partial charge in [0, 0.05) is 22.9 Å². The van der Waals surface area contributed by atoms with Crippen LogP contribution >= 0.6 is 0 Å². The van der Waals surface area contributed by atoms with Crippen molar-refractivity contribution in [1.29, 1.82) is 0 Å². The monoisotopic (exact) mass is 422 g/mol. The fraction of sp³-hybridized carbons (Fsp3) is 0.182. The molecule has 2 aromatic carbocycles. The van der Waals surface area contributed by atoms with E-state index in [2.05, 4.69) is 15.5 Å². The van der Waals surface area contributed by atoms with E-state index < -0.39 is 24.6 Å². The van der Waals surface area contributed by atoms with Gasteiger partial charge in [0.2, 0.25) is 0 Å². The molecule has 2 unspecified atom stereocenters. The number of carboxylic acids is 1. The fourth-order valence-electron chi connectivity index (χ4n) is 3.58. The SMILES string of the molecule is O=C(O)CC(O)CC(O)/C=C/c1c(-c2ccc(F)cc2)c2ccccc2n2nnnc12. The molecule has 9 heteroatoms. The number of hydrogen-bond acceptors (Lipinski definition) is 6. The lowest BCUT2D eigenvalue weighted by atomic mass is 9.95. The Hall–Kier alpha value is -3.69. The number of nitrogens with zero attached hydrogens (tertiary/aromatic N) is 4. The van der Waals surface area contributed by atoms with Crippen LogP contribution in [-0.4, -0.2) is 53.5 Å². The minimum absolute atomic E-state index is 0.135. The van der Waals surface area contributed by atoms with Crippen molar-refractivity contribution in [3.63, 3.8) is 0 Å². The van der Waals surface area contributed by atoms with Gasteiger partial charge in [0.15, 0.2) is 5.65 Å². The van der Waals surface area contributed by atoms with Gasteiger partial charge in [-0.3, -0.25) is 4.79 Å². The first-order chi connectivity index (χ1) is 14.9. The first-order valence-electron chi connectivity index (χ1n) is 9.59. The van der Waals surface area contributed by atoms with Crippen molar-refractivity contribution in [1.82, 2.24) is 20.0 Å². The van der Waals surface area contributed by atoms with E-state index in [0.29, 0.717) is 11.2 Å². The van der Waals surface area contributed by atoms with Crippen LogP contribution in [-0.2, 0) is 4.79 Å². The van der Waals surface area contributed by atoms with Crippen LogP contribution in [0.4, 0.5) is 4.39 Å². The maximum atomic E-state index is 13.5. The number of carbonyl (C=O) groups is 1. The van der Waals surface area contributed by atoms with Gasteiger partial charge in [0.1, 0.15) is 5.82 Å². The minimum atomic E-state index is -1.18. The summed E-state index contributed by atoms with van der Waals surface area (Å²) < 4.78 is 15.1. The molecule has 4 rings (SSSR count). The van der Waals surface area contributed by atoms with Gasteiger partial charge in [-0.15, -0.1) is 5.10 Å². The van der Waals surface area contributed by atoms with Gasteiger partial charge >= 0.3 is 5.97 Å². The number of aromatic nitrogens is 4. The zero-order valence-corrected chi connectivity index (χ0v) is 16.3. The molecule has 0 aliphatic carbocycles. The topological polar surface area (TPSA) is 121 Å². The van der Waals surface area contributed by atoms with Gasteiger partial charge in [-0.2, -0.15) is 4.52 Å². The number of aliphatic hydroxyl groups is 2. The Bertz CT molecular complexity index is 1270. The normalized spacial score (nSPS) is 13.8. The molecule has 2 atom stereocenters. The van der Waals surface area contributed by atoms with E-state index in [9.17, 15) is 19.4 Å². The fourth-order valence-corrected chi connectivity index (χ4v) is 3.58. The Morgan fingerprint density at radius 3 is 2.61 bits per heavy atom. The summed E-state index contributed by atoms with van der Waals surface area (Å²) in [4.78, 5) is 10.7. The molecule has 158 valence electrons. The highest BCUT2D eigenvalue weighted by atomic mass is 19.1. The molecule has 0 bridgehead atoms. The zero-order valence-electron chi connectivity index (χ0n) is 16.3. The van der Waals surface area contributed by atoms with E-state index in [4.69, 9.17) is 5.11 Å². The van der Waals surface area contributed by atoms with E-state index in [1.165, 1.54) is 18.2 Å². The second-order valence-corrected chi connectivity index (χ2v) is 7.14. The van der Waals surface area contributed by atoms with E-state index in [1.807, 2.05) is 24.3 Å². The summed E-state index contributed by atoms with van der Waals surface area (Å²) in [6, 6.07) is 13.5. The number of fused-ring (bicyclic) bond motifs is 3. The lowest BCUT2D eigenvalue weighted by Gasteiger charge is -2.14. The molecule has 8 nitrogen and oxygen atoms in total. The number of tetrazole rings is 1. The van der Waals surface area contributed by atoms with Gasteiger partial charge in [-0.05, 0) is 34.2 Å². The standard InChI is InChI=1S/C22H19FN4O4/c23-14-7-5-13(6-8-14)21-17-3-1-2-4-19(17)27-22(24-25-26-27)18(21)10-9-15(28)11-16(29)12-20(30)31/h1-10,15-16,28-29H,11-12H2,(H,30,31)/b10-9+. The molecule has 0 aliphatic heterocycles. The van der Waals surface area contributed by atoms with Crippen molar-refractivity contribution in [2.75, 3.05) is 0 Å². The van der Waals surface area contributed by atoms with Crippen molar-refractivity contribution in [3.05, 3.63) is 66.0 Å². The van der Waals surface area contributed by atoms with Crippen LogP contribution in [0.15, 0.2) is 54.6 Å². The highest BCUT2D eigenvalue weighted by molar-refractivity contribution is 6.02. The lowest BCUT2D eigenvalue weighted by molar-refractivity contribution is -0.139. The molecule has 0 spiro atoms. The van der Waals surface area contributed by atoms with Crippen LogP contribution in [0.25, 0.3) is 33.8 Å². The average Bonchev–Trinajstić information content (AvgIpc) is 3.22. The molecule has 4 aromatic rings. The number of carboxylic acid groups (broad SMARTS) is 1. The third-order valence-electron chi connectivity index (χ3n) is 4.92. The predicted molar refractivity (Wildman–Crippen MR) is 112 cm³/mol. The molecular weight excluding hydrogens is 403 g/mol. The van der Waals surface area contributed by atoms with Gasteiger partial charge in [-0.1, -0.05) is 42.5 Å². The van der Waals surface area contributed by atoms with E-state index in [0.717, 1.165) is 22.0 Å².